The second-order valence-electron chi connectivity index (χ2n) is 4.87. The van der Waals surface area contributed by atoms with Crippen molar-refractivity contribution < 1.29 is 19.2 Å². The summed E-state index contributed by atoms with van der Waals surface area (Å²) in [6, 6.07) is 10.6. The molecule has 2 aromatic carbocycles. The third-order valence-electron chi connectivity index (χ3n) is 3.17. The van der Waals surface area contributed by atoms with Gasteiger partial charge in [0.05, 0.1) is 10.5 Å². The molecule has 1 amide bonds. The fourth-order valence-corrected chi connectivity index (χ4v) is 2.24. The first-order chi connectivity index (χ1) is 11.9. The third-order valence-corrected chi connectivity index (χ3v) is 3.69. The van der Waals surface area contributed by atoms with E-state index in [0.717, 1.165) is 10.5 Å². The van der Waals surface area contributed by atoms with Crippen molar-refractivity contribution in [3.8, 4) is 0 Å². The summed E-state index contributed by atoms with van der Waals surface area (Å²) in [5.41, 5.74) is 0.651. The van der Waals surface area contributed by atoms with Gasteiger partial charge in [-0.05, 0) is 30.3 Å². The second kappa shape index (κ2) is 8.25. The quantitative estimate of drug-likeness (QED) is 0.432. The molecule has 0 aliphatic heterocycles. The molecule has 25 heavy (non-hydrogen) atoms. The van der Waals surface area contributed by atoms with E-state index in [1.165, 1.54) is 12.1 Å². The van der Waals surface area contributed by atoms with Crippen LogP contribution in [0, 0.1) is 10.1 Å². The van der Waals surface area contributed by atoms with Crippen molar-refractivity contribution in [2.75, 3.05) is 24.3 Å². The first-order valence-corrected chi connectivity index (χ1v) is 7.88. The van der Waals surface area contributed by atoms with Gasteiger partial charge in [-0.3, -0.25) is 14.9 Å². The highest BCUT2D eigenvalue weighted by Gasteiger charge is 2.18. The molecule has 0 unspecified atom stereocenters. The lowest BCUT2D eigenvalue weighted by Gasteiger charge is -2.09. The van der Waals surface area contributed by atoms with Crippen molar-refractivity contribution in [1.82, 2.24) is 0 Å². The van der Waals surface area contributed by atoms with Crippen LogP contribution in [0.15, 0.2) is 46.9 Å². The van der Waals surface area contributed by atoms with E-state index < -0.39 is 23.4 Å². The van der Waals surface area contributed by atoms with Crippen molar-refractivity contribution >= 4 is 44.9 Å². The number of nitrogens with zero attached hydrogens (tertiary/aromatic N) is 1. The molecule has 0 saturated carbocycles. The van der Waals surface area contributed by atoms with Crippen molar-refractivity contribution in [2.45, 2.75) is 0 Å². The number of hydrogen-bond acceptors (Lipinski definition) is 6. The SMILES string of the molecule is CNc1ccc([N+](=O)[O-])cc1C(=O)OCC(=O)Nc1ccc(Br)cc1. The Morgan fingerprint density at radius 3 is 2.48 bits per heavy atom. The van der Waals surface area contributed by atoms with Crippen LogP contribution in [-0.2, 0) is 9.53 Å². The number of anilines is 2. The molecule has 0 spiro atoms. The highest BCUT2D eigenvalue weighted by atomic mass is 79.9. The molecular weight excluding hydrogens is 394 g/mol. The molecule has 130 valence electrons. The van der Waals surface area contributed by atoms with Gasteiger partial charge in [0.25, 0.3) is 11.6 Å². The van der Waals surface area contributed by atoms with Gasteiger partial charge >= 0.3 is 5.97 Å². The highest BCUT2D eigenvalue weighted by Crippen LogP contribution is 2.22. The molecule has 0 fully saturated rings. The number of benzene rings is 2. The molecule has 0 aliphatic carbocycles. The standard InChI is InChI=1S/C16H14BrN3O5/c1-18-14-7-6-12(20(23)24)8-13(14)16(22)25-9-15(21)19-11-4-2-10(17)3-5-11/h2-8,18H,9H2,1H3,(H,19,21). The number of carbonyl (C=O) groups is 2. The summed E-state index contributed by atoms with van der Waals surface area (Å²) in [5, 5.41) is 16.2. The summed E-state index contributed by atoms with van der Waals surface area (Å²) < 4.78 is 5.80. The van der Waals surface area contributed by atoms with Crippen LogP contribution < -0.4 is 10.6 Å². The minimum atomic E-state index is -0.834. The number of esters is 1. The Balaban J connectivity index is 2.01. The number of nitrogens with one attached hydrogen (secondary N) is 2. The van der Waals surface area contributed by atoms with Gasteiger partial charge in [0.2, 0.25) is 0 Å². The van der Waals surface area contributed by atoms with E-state index in [4.69, 9.17) is 4.74 Å². The van der Waals surface area contributed by atoms with E-state index in [9.17, 15) is 19.7 Å². The highest BCUT2D eigenvalue weighted by molar-refractivity contribution is 9.10. The molecule has 0 aliphatic rings. The van der Waals surface area contributed by atoms with Gasteiger partial charge in [-0.2, -0.15) is 0 Å². The van der Waals surface area contributed by atoms with Crippen LogP contribution in [0.5, 0.6) is 0 Å². The van der Waals surface area contributed by atoms with Crippen LogP contribution >= 0.6 is 15.9 Å². The van der Waals surface area contributed by atoms with E-state index in [1.54, 1.807) is 31.3 Å². The molecule has 2 N–H and O–H groups in total. The Kier molecular flexibility index (Phi) is 6.07. The third kappa shape index (κ3) is 5.01. The number of non-ortho nitro benzene ring substituents is 1. The molecule has 0 saturated heterocycles. The normalized spacial score (nSPS) is 10.0. The van der Waals surface area contributed by atoms with Gasteiger partial charge in [0.1, 0.15) is 0 Å². The van der Waals surface area contributed by atoms with Crippen molar-refractivity contribution in [2.24, 2.45) is 0 Å². The van der Waals surface area contributed by atoms with E-state index in [0.29, 0.717) is 11.4 Å². The Labute approximate surface area is 151 Å². The monoisotopic (exact) mass is 407 g/mol. The number of ether oxygens (including phenoxy) is 1. The number of rotatable bonds is 6. The summed E-state index contributed by atoms with van der Waals surface area (Å²) >= 11 is 3.28. The largest absolute Gasteiger partial charge is 0.452 e. The van der Waals surface area contributed by atoms with E-state index in [-0.39, 0.29) is 11.3 Å². The smallest absolute Gasteiger partial charge is 0.341 e. The maximum absolute atomic E-state index is 12.1. The first kappa shape index (κ1) is 18.4. The van der Waals surface area contributed by atoms with Crippen molar-refractivity contribution in [1.29, 1.82) is 0 Å². The van der Waals surface area contributed by atoms with E-state index in [2.05, 4.69) is 26.6 Å². The Morgan fingerprint density at radius 1 is 1.20 bits per heavy atom. The van der Waals surface area contributed by atoms with Crippen LogP contribution in [0.1, 0.15) is 10.4 Å². The van der Waals surface area contributed by atoms with Gasteiger partial charge in [-0.1, -0.05) is 15.9 Å². The lowest BCUT2D eigenvalue weighted by molar-refractivity contribution is -0.384. The molecule has 9 heteroatoms. The molecule has 0 heterocycles. The summed E-state index contributed by atoms with van der Waals surface area (Å²) in [4.78, 5) is 34.2. The average Bonchev–Trinajstić information content (AvgIpc) is 2.61. The Morgan fingerprint density at radius 2 is 1.88 bits per heavy atom. The maximum atomic E-state index is 12.1. The van der Waals surface area contributed by atoms with Crippen LogP contribution in [-0.4, -0.2) is 30.5 Å². The maximum Gasteiger partial charge on any atom is 0.341 e. The Bertz CT molecular complexity index is 808. The number of nitro benzene ring substituents is 1. The second-order valence-corrected chi connectivity index (χ2v) is 5.78. The summed E-state index contributed by atoms with van der Waals surface area (Å²) in [6.07, 6.45) is 0. The fourth-order valence-electron chi connectivity index (χ4n) is 1.97. The van der Waals surface area contributed by atoms with Crippen LogP contribution in [0.4, 0.5) is 17.1 Å². The van der Waals surface area contributed by atoms with Gasteiger partial charge < -0.3 is 15.4 Å². The lowest BCUT2D eigenvalue weighted by Crippen LogP contribution is -2.21. The van der Waals surface area contributed by atoms with Crippen LogP contribution in [0.2, 0.25) is 0 Å². The van der Waals surface area contributed by atoms with Crippen LogP contribution in [0.25, 0.3) is 0 Å². The van der Waals surface area contributed by atoms with Crippen LogP contribution in [0.3, 0.4) is 0 Å². The number of amides is 1. The van der Waals surface area contributed by atoms with Gasteiger partial charge in [-0.25, -0.2) is 4.79 Å². The number of carbonyl (C=O) groups excluding carboxylic acids is 2. The predicted octanol–water partition coefficient (Wildman–Crippen LogP) is 3.19. The molecule has 2 aromatic rings. The predicted molar refractivity (Wildman–Crippen MR) is 95.7 cm³/mol. The zero-order valence-electron chi connectivity index (χ0n) is 13.1. The lowest BCUT2D eigenvalue weighted by atomic mass is 10.1. The zero-order valence-corrected chi connectivity index (χ0v) is 14.7. The molecule has 0 radical (unpaired) electrons. The van der Waals surface area contributed by atoms with Gasteiger partial charge in [-0.15, -0.1) is 0 Å². The first-order valence-electron chi connectivity index (χ1n) is 7.09. The number of nitro groups is 1. The molecule has 0 aromatic heterocycles. The van der Waals surface area contributed by atoms with Crippen molar-refractivity contribution in [3.63, 3.8) is 0 Å². The summed E-state index contributed by atoms with van der Waals surface area (Å²) in [6.45, 7) is -0.513. The van der Waals surface area contributed by atoms with E-state index in [1.807, 2.05) is 0 Å². The molecule has 0 bridgehead atoms. The molecular formula is C16H14BrN3O5. The van der Waals surface area contributed by atoms with Gasteiger partial charge in [0, 0.05) is 35.0 Å². The Hall–Kier alpha value is -2.94. The molecule has 8 nitrogen and oxygen atoms in total. The number of halogens is 1. The summed E-state index contributed by atoms with van der Waals surface area (Å²) in [7, 11) is 1.57. The van der Waals surface area contributed by atoms with E-state index >= 15 is 0 Å². The fraction of sp³-hybridized carbons (Fsp3) is 0.125. The van der Waals surface area contributed by atoms with Gasteiger partial charge in [0.15, 0.2) is 6.61 Å². The minimum Gasteiger partial charge on any atom is -0.452 e. The summed E-state index contributed by atoms with van der Waals surface area (Å²) in [5.74, 6) is -1.36. The minimum absolute atomic E-state index is 0.0202. The molecule has 0 atom stereocenters. The zero-order chi connectivity index (χ0) is 18.4. The molecule has 2 rings (SSSR count). The number of hydrogen-bond donors (Lipinski definition) is 2. The van der Waals surface area contributed by atoms with Crippen molar-refractivity contribution in [3.05, 3.63) is 62.6 Å². The topological polar surface area (TPSA) is 111 Å². The average molecular weight is 408 g/mol.